The molecular formula is C17H17FN2O2. The maximum atomic E-state index is 13.7. The molecule has 1 aromatic carbocycles. The zero-order valence-corrected chi connectivity index (χ0v) is 12.1. The molecule has 0 radical (unpaired) electrons. The van der Waals surface area contributed by atoms with Gasteiger partial charge in [0.05, 0.1) is 5.56 Å². The first-order valence-electron chi connectivity index (χ1n) is 7.43. The van der Waals surface area contributed by atoms with E-state index in [4.69, 9.17) is 0 Å². The van der Waals surface area contributed by atoms with Crippen LogP contribution in [0.4, 0.5) is 4.39 Å². The number of aromatic amines is 1. The van der Waals surface area contributed by atoms with Crippen molar-refractivity contribution in [2.75, 3.05) is 0 Å². The van der Waals surface area contributed by atoms with Gasteiger partial charge in [-0.2, -0.15) is 0 Å². The molecule has 0 spiro atoms. The predicted molar refractivity (Wildman–Crippen MR) is 80.3 cm³/mol. The summed E-state index contributed by atoms with van der Waals surface area (Å²) in [6.45, 7) is 0. The standard InChI is InChI=1S/C17H17FN2O2/c18-14-8-4-3-7-13(14)16(21)11-9-15(19-10-11)17(22)20-12-5-1-2-6-12/h3-4,7-10,12,19H,1-2,5-6H2,(H,20,22). The second-order valence-electron chi connectivity index (χ2n) is 5.57. The first-order chi connectivity index (χ1) is 10.6. The molecule has 1 saturated carbocycles. The summed E-state index contributed by atoms with van der Waals surface area (Å²) in [6.07, 6.45) is 5.69. The topological polar surface area (TPSA) is 62.0 Å². The van der Waals surface area contributed by atoms with Gasteiger partial charge in [-0.3, -0.25) is 9.59 Å². The molecular weight excluding hydrogens is 283 g/mol. The number of benzene rings is 1. The number of hydrogen-bond donors (Lipinski definition) is 2. The highest BCUT2D eigenvalue weighted by Gasteiger charge is 2.20. The second-order valence-corrected chi connectivity index (χ2v) is 5.57. The molecule has 2 aromatic rings. The molecule has 22 heavy (non-hydrogen) atoms. The lowest BCUT2D eigenvalue weighted by Gasteiger charge is -2.10. The first-order valence-corrected chi connectivity index (χ1v) is 7.43. The van der Waals surface area contributed by atoms with Crippen LogP contribution in [0.1, 0.15) is 52.1 Å². The van der Waals surface area contributed by atoms with E-state index in [2.05, 4.69) is 10.3 Å². The van der Waals surface area contributed by atoms with Crippen molar-refractivity contribution in [2.45, 2.75) is 31.7 Å². The van der Waals surface area contributed by atoms with Crippen molar-refractivity contribution in [2.24, 2.45) is 0 Å². The largest absolute Gasteiger partial charge is 0.356 e. The number of hydrogen-bond acceptors (Lipinski definition) is 2. The minimum atomic E-state index is -0.564. The van der Waals surface area contributed by atoms with E-state index in [-0.39, 0.29) is 23.1 Å². The summed E-state index contributed by atoms with van der Waals surface area (Å²) in [6, 6.07) is 7.50. The highest BCUT2D eigenvalue weighted by Crippen LogP contribution is 2.19. The fourth-order valence-electron chi connectivity index (χ4n) is 2.79. The molecule has 0 bridgehead atoms. The number of rotatable bonds is 4. The van der Waals surface area contributed by atoms with Crippen LogP contribution in [0.2, 0.25) is 0 Å². The predicted octanol–water partition coefficient (Wildman–Crippen LogP) is 3.06. The SMILES string of the molecule is O=C(NC1CCCC1)c1cc(C(=O)c2ccccc2F)c[nH]1. The van der Waals surface area contributed by atoms with Crippen LogP contribution in [0.3, 0.4) is 0 Å². The quantitative estimate of drug-likeness (QED) is 0.852. The smallest absolute Gasteiger partial charge is 0.267 e. The summed E-state index contributed by atoms with van der Waals surface area (Å²) < 4.78 is 13.7. The highest BCUT2D eigenvalue weighted by atomic mass is 19.1. The van der Waals surface area contributed by atoms with E-state index in [1.807, 2.05) is 0 Å². The van der Waals surface area contributed by atoms with Gasteiger partial charge in [-0.25, -0.2) is 4.39 Å². The van der Waals surface area contributed by atoms with Gasteiger partial charge < -0.3 is 10.3 Å². The molecule has 3 rings (SSSR count). The number of H-pyrrole nitrogens is 1. The molecule has 1 heterocycles. The van der Waals surface area contributed by atoms with Crippen molar-refractivity contribution in [1.29, 1.82) is 0 Å². The van der Waals surface area contributed by atoms with Crippen molar-refractivity contribution in [3.63, 3.8) is 0 Å². The lowest BCUT2D eigenvalue weighted by molar-refractivity contribution is 0.0933. The van der Waals surface area contributed by atoms with E-state index < -0.39 is 11.6 Å². The maximum absolute atomic E-state index is 13.7. The monoisotopic (exact) mass is 300 g/mol. The van der Waals surface area contributed by atoms with Gasteiger partial charge in [-0.1, -0.05) is 25.0 Å². The third-order valence-corrected chi connectivity index (χ3v) is 4.00. The average molecular weight is 300 g/mol. The fraction of sp³-hybridized carbons (Fsp3) is 0.294. The number of amides is 1. The van der Waals surface area contributed by atoms with Gasteiger partial charge in [0.2, 0.25) is 0 Å². The Labute approximate surface area is 127 Å². The van der Waals surface area contributed by atoms with Gasteiger partial charge in [-0.15, -0.1) is 0 Å². The second kappa shape index (κ2) is 6.13. The normalized spacial score (nSPS) is 15.0. The van der Waals surface area contributed by atoms with Crippen LogP contribution in [-0.4, -0.2) is 22.7 Å². The number of halogens is 1. The minimum absolute atomic E-state index is 0.00394. The summed E-state index contributed by atoms with van der Waals surface area (Å²) >= 11 is 0. The van der Waals surface area contributed by atoms with Crippen molar-refractivity contribution in [3.8, 4) is 0 Å². The van der Waals surface area contributed by atoms with Crippen LogP contribution in [0.15, 0.2) is 36.5 Å². The summed E-state index contributed by atoms with van der Waals surface area (Å²) in [5.74, 6) is -1.22. The minimum Gasteiger partial charge on any atom is -0.356 e. The van der Waals surface area contributed by atoms with E-state index in [1.165, 1.54) is 30.5 Å². The molecule has 5 heteroatoms. The Morgan fingerprint density at radius 2 is 1.91 bits per heavy atom. The molecule has 1 amide bonds. The number of ketones is 1. The molecule has 0 unspecified atom stereocenters. The van der Waals surface area contributed by atoms with Gasteiger partial charge in [0.1, 0.15) is 11.5 Å². The van der Waals surface area contributed by atoms with Crippen LogP contribution in [-0.2, 0) is 0 Å². The molecule has 114 valence electrons. The van der Waals surface area contributed by atoms with E-state index in [0.29, 0.717) is 5.69 Å². The summed E-state index contributed by atoms with van der Waals surface area (Å²) in [4.78, 5) is 27.2. The molecule has 4 nitrogen and oxygen atoms in total. The Morgan fingerprint density at radius 1 is 1.18 bits per heavy atom. The fourth-order valence-corrected chi connectivity index (χ4v) is 2.79. The van der Waals surface area contributed by atoms with Crippen molar-refractivity contribution in [3.05, 3.63) is 59.2 Å². The van der Waals surface area contributed by atoms with E-state index in [9.17, 15) is 14.0 Å². The van der Waals surface area contributed by atoms with Crippen molar-refractivity contribution in [1.82, 2.24) is 10.3 Å². The van der Waals surface area contributed by atoms with Crippen molar-refractivity contribution < 1.29 is 14.0 Å². The van der Waals surface area contributed by atoms with Gasteiger partial charge in [0.25, 0.3) is 5.91 Å². The Hall–Kier alpha value is -2.43. The van der Waals surface area contributed by atoms with Crippen LogP contribution < -0.4 is 5.32 Å². The zero-order valence-electron chi connectivity index (χ0n) is 12.1. The Bertz CT molecular complexity index is 702. The van der Waals surface area contributed by atoms with Crippen molar-refractivity contribution >= 4 is 11.7 Å². The number of carbonyl (C=O) groups excluding carboxylic acids is 2. The summed E-state index contributed by atoms with van der Waals surface area (Å²) in [7, 11) is 0. The average Bonchev–Trinajstić information content (AvgIpc) is 3.18. The van der Waals surface area contributed by atoms with Crippen LogP contribution in [0.5, 0.6) is 0 Å². The number of aromatic nitrogens is 1. The Balaban J connectivity index is 1.74. The maximum Gasteiger partial charge on any atom is 0.267 e. The molecule has 1 fully saturated rings. The highest BCUT2D eigenvalue weighted by molar-refractivity contribution is 6.10. The molecule has 0 atom stereocenters. The molecule has 1 aliphatic rings. The molecule has 1 aromatic heterocycles. The molecule has 2 N–H and O–H groups in total. The lowest BCUT2D eigenvalue weighted by Crippen LogP contribution is -2.32. The Kier molecular flexibility index (Phi) is 4.04. The Morgan fingerprint density at radius 3 is 2.64 bits per heavy atom. The lowest BCUT2D eigenvalue weighted by atomic mass is 10.1. The van der Waals surface area contributed by atoms with Crippen LogP contribution in [0, 0.1) is 5.82 Å². The molecule has 0 saturated heterocycles. The third kappa shape index (κ3) is 2.93. The zero-order chi connectivity index (χ0) is 15.5. The van der Waals surface area contributed by atoms with E-state index in [1.54, 1.807) is 6.07 Å². The van der Waals surface area contributed by atoms with Gasteiger partial charge in [0.15, 0.2) is 5.78 Å². The van der Waals surface area contributed by atoms with Gasteiger partial charge in [-0.05, 0) is 31.0 Å². The molecule has 0 aliphatic heterocycles. The van der Waals surface area contributed by atoms with Gasteiger partial charge in [0, 0.05) is 17.8 Å². The van der Waals surface area contributed by atoms with Crippen LogP contribution in [0.25, 0.3) is 0 Å². The number of carbonyl (C=O) groups is 2. The number of nitrogens with one attached hydrogen (secondary N) is 2. The first kappa shape index (κ1) is 14.5. The summed E-state index contributed by atoms with van der Waals surface area (Å²) in [5.41, 5.74) is 0.609. The third-order valence-electron chi connectivity index (χ3n) is 4.00. The van der Waals surface area contributed by atoms with E-state index in [0.717, 1.165) is 25.7 Å². The van der Waals surface area contributed by atoms with Crippen LogP contribution >= 0.6 is 0 Å². The van der Waals surface area contributed by atoms with Gasteiger partial charge >= 0.3 is 0 Å². The van der Waals surface area contributed by atoms with E-state index >= 15 is 0 Å². The summed E-state index contributed by atoms with van der Waals surface area (Å²) in [5, 5.41) is 2.94. The molecule has 1 aliphatic carbocycles.